The number of hydrogen-bond donors (Lipinski definition) is 1. The molecule has 2 nitrogen and oxygen atoms in total. The lowest BCUT2D eigenvalue weighted by Gasteiger charge is -2.12. The van der Waals surface area contributed by atoms with Crippen LogP contribution in [0, 0.1) is 11.6 Å². The number of hydrogen-bond acceptors (Lipinski definition) is 2. The molecule has 5 heteroatoms. The molecule has 1 aromatic carbocycles. The van der Waals surface area contributed by atoms with Crippen LogP contribution in [0.5, 0.6) is 5.75 Å². The molecule has 0 fully saturated rings. The highest BCUT2D eigenvalue weighted by Gasteiger charge is 2.08. The fourth-order valence-electron chi connectivity index (χ4n) is 0.859. The Morgan fingerprint density at radius 2 is 1.86 bits per heavy atom. The van der Waals surface area contributed by atoms with Crippen molar-refractivity contribution in [1.82, 2.24) is 0 Å². The second-order valence-corrected chi connectivity index (χ2v) is 3.24. The summed E-state index contributed by atoms with van der Waals surface area (Å²) in [6, 6.07) is 2.90. The van der Waals surface area contributed by atoms with Gasteiger partial charge in [0.1, 0.15) is 28.5 Å². The van der Waals surface area contributed by atoms with Crippen molar-refractivity contribution in [2.45, 2.75) is 13.0 Å². The molecule has 0 saturated heterocycles. The maximum absolute atomic E-state index is 12.7. The zero-order chi connectivity index (χ0) is 10.7. The molecule has 1 unspecified atom stereocenters. The van der Waals surface area contributed by atoms with Crippen LogP contribution in [0.2, 0.25) is 0 Å². The minimum absolute atomic E-state index is 0.0720. The molecule has 2 N–H and O–H groups in total. The second-order valence-electron chi connectivity index (χ2n) is 2.77. The van der Waals surface area contributed by atoms with Crippen LogP contribution in [-0.2, 0) is 0 Å². The van der Waals surface area contributed by atoms with E-state index in [1.807, 2.05) is 0 Å². The maximum Gasteiger partial charge on any atom is 0.145 e. The molecule has 0 aliphatic rings. The number of halogens is 2. The summed E-state index contributed by atoms with van der Waals surface area (Å²) in [5, 5.41) is 0. The zero-order valence-corrected chi connectivity index (χ0v) is 8.28. The normalized spacial score (nSPS) is 12.2. The first kappa shape index (κ1) is 10.8. The number of nitrogens with two attached hydrogens (primary N) is 1. The molecule has 14 heavy (non-hydrogen) atoms. The van der Waals surface area contributed by atoms with Gasteiger partial charge in [-0.1, -0.05) is 12.2 Å². The molecule has 0 aromatic heterocycles. The number of benzene rings is 1. The fraction of sp³-hybridized carbons (Fsp3) is 0.222. The summed E-state index contributed by atoms with van der Waals surface area (Å²) in [4.78, 5) is 0.134. The topological polar surface area (TPSA) is 35.2 Å². The lowest BCUT2D eigenvalue weighted by atomic mass is 10.3. The van der Waals surface area contributed by atoms with Crippen LogP contribution >= 0.6 is 12.2 Å². The van der Waals surface area contributed by atoms with E-state index >= 15 is 0 Å². The van der Waals surface area contributed by atoms with E-state index in [0.29, 0.717) is 0 Å². The molecular formula is C9H9F2NOS. The molecule has 0 aliphatic carbocycles. The highest BCUT2D eigenvalue weighted by molar-refractivity contribution is 7.80. The van der Waals surface area contributed by atoms with Crippen molar-refractivity contribution < 1.29 is 13.5 Å². The monoisotopic (exact) mass is 217 g/mol. The van der Waals surface area contributed by atoms with Gasteiger partial charge in [-0.2, -0.15) is 0 Å². The van der Waals surface area contributed by atoms with Gasteiger partial charge < -0.3 is 10.5 Å². The Labute approximate surface area is 85.7 Å². The Bertz CT molecular complexity index is 336. The van der Waals surface area contributed by atoms with Crippen molar-refractivity contribution >= 4 is 17.2 Å². The van der Waals surface area contributed by atoms with Crippen molar-refractivity contribution in [2.75, 3.05) is 0 Å². The summed E-state index contributed by atoms with van der Waals surface area (Å²) in [6.45, 7) is 1.60. The van der Waals surface area contributed by atoms with E-state index in [-0.39, 0.29) is 10.7 Å². The minimum Gasteiger partial charge on any atom is -0.483 e. The molecule has 0 aliphatic heterocycles. The molecule has 0 radical (unpaired) electrons. The van der Waals surface area contributed by atoms with Gasteiger partial charge in [0.15, 0.2) is 0 Å². The van der Waals surface area contributed by atoms with Crippen molar-refractivity contribution in [3.8, 4) is 5.75 Å². The predicted molar refractivity (Wildman–Crippen MR) is 53.2 cm³/mol. The summed E-state index contributed by atoms with van der Waals surface area (Å²) < 4.78 is 30.5. The second kappa shape index (κ2) is 4.32. The number of ether oxygens (including phenoxy) is 1. The molecule has 0 heterocycles. The van der Waals surface area contributed by atoms with E-state index in [1.165, 1.54) is 0 Å². The number of thiocarbonyl (C=S) groups is 1. The van der Waals surface area contributed by atoms with Crippen molar-refractivity contribution in [1.29, 1.82) is 0 Å². The van der Waals surface area contributed by atoms with Crippen LogP contribution in [0.1, 0.15) is 6.92 Å². The van der Waals surface area contributed by atoms with Crippen LogP contribution in [0.15, 0.2) is 18.2 Å². The van der Waals surface area contributed by atoms with E-state index < -0.39 is 17.7 Å². The summed E-state index contributed by atoms with van der Waals surface area (Å²) in [5.41, 5.74) is 5.28. The molecule has 0 bridgehead atoms. The van der Waals surface area contributed by atoms with Gasteiger partial charge in [0.2, 0.25) is 0 Å². The summed E-state index contributed by atoms with van der Waals surface area (Å²) >= 11 is 4.65. The Kier molecular flexibility index (Phi) is 3.35. The molecule has 0 amide bonds. The molecule has 0 spiro atoms. The largest absolute Gasteiger partial charge is 0.483 e. The average molecular weight is 217 g/mol. The first-order valence-corrected chi connectivity index (χ1v) is 4.32. The average Bonchev–Trinajstić information content (AvgIpc) is 2.01. The quantitative estimate of drug-likeness (QED) is 0.787. The molecule has 76 valence electrons. The summed E-state index contributed by atoms with van der Waals surface area (Å²) in [5.74, 6) is -1.33. The third-order valence-corrected chi connectivity index (χ3v) is 1.88. The standard InChI is InChI=1S/C9H9F2NOS/c1-5(9(12)14)13-8-3-6(10)2-7(11)4-8/h2-5H,1H3,(H2,12,14). The van der Waals surface area contributed by atoms with Gasteiger partial charge in [-0.15, -0.1) is 0 Å². The smallest absolute Gasteiger partial charge is 0.145 e. The maximum atomic E-state index is 12.7. The lowest BCUT2D eigenvalue weighted by Crippen LogP contribution is -2.28. The first-order valence-electron chi connectivity index (χ1n) is 3.91. The van der Waals surface area contributed by atoms with Crippen LogP contribution in [0.4, 0.5) is 8.78 Å². The van der Waals surface area contributed by atoms with Gasteiger partial charge in [-0.25, -0.2) is 8.78 Å². The van der Waals surface area contributed by atoms with Crippen LogP contribution in [0.25, 0.3) is 0 Å². The van der Waals surface area contributed by atoms with Crippen LogP contribution < -0.4 is 10.5 Å². The lowest BCUT2D eigenvalue weighted by molar-refractivity contribution is 0.285. The Morgan fingerprint density at radius 3 is 2.29 bits per heavy atom. The Hall–Kier alpha value is -1.23. The van der Waals surface area contributed by atoms with Crippen LogP contribution in [-0.4, -0.2) is 11.1 Å². The third kappa shape index (κ3) is 2.92. The number of rotatable bonds is 3. The highest BCUT2D eigenvalue weighted by Crippen LogP contribution is 2.16. The fourth-order valence-corrected chi connectivity index (χ4v) is 0.907. The zero-order valence-electron chi connectivity index (χ0n) is 7.46. The molecule has 0 saturated carbocycles. The van der Waals surface area contributed by atoms with Crippen molar-refractivity contribution in [3.05, 3.63) is 29.8 Å². The minimum atomic E-state index is -0.699. The summed E-state index contributed by atoms with van der Waals surface area (Å²) in [7, 11) is 0. The van der Waals surface area contributed by atoms with E-state index in [0.717, 1.165) is 18.2 Å². The molecule has 1 atom stereocenters. The third-order valence-electron chi connectivity index (χ3n) is 1.55. The SMILES string of the molecule is CC(Oc1cc(F)cc(F)c1)C(N)=S. The van der Waals surface area contributed by atoms with Crippen molar-refractivity contribution in [3.63, 3.8) is 0 Å². The van der Waals surface area contributed by atoms with Gasteiger partial charge in [-0.05, 0) is 6.92 Å². The predicted octanol–water partition coefficient (Wildman–Crippen LogP) is 2.02. The molecular weight excluding hydrogens is 208 g/mol. The van der Waals surface area contributed by atoms with Gasteiger partial charge in [-0.3, -0.25) is 0 Å². The van der Waals surface area contributed by atoms with E-state index in [9.17, 15) is 8.78 Å². The van der Waals surface area contributed by atoms with Gasteiger partial charge in [0.05, 0.1) is 0 Å². The van der Waals surface area contributed by atoms with E-state index in [4.69, 9.17) is 10.5 Å². The Balaban J connectivity index is 2.81. The Morgan fingerprint density at radius 1 is 1.36 bits per heavy atom. The van der Waals surface area contributed by atoms with Gasteiger partial charge in [0, 0.05) is 18.2 Å². The highest BCUT2D eigenvalue weighted by atomic mass is 32.1. The first-order chi connectivity index (χ1) is 6.49. The molecule has 1 rings (SSSR count). The van der Waals surface area contributed by atoms with Crippen molar-refractivity contribution in [2.24, 2.45) is 5.73 Å². The summed E-state index contributed by atoms with van der Waals surface area (Å²) in [6.07, 6.45) is -0.550. The van der Waals surface area contributed by atoms with E-state index in [1.54, 1.807) is 6.92 Å². The van der Waals surface area contributed by atoms with Crippen LogP contribution in [0.3, 0.4) is 0 Å². The molecule has 1 aromatic rings. The van der Waals surface area contributed by atoms with E-state index in [2.05, 4.69) is 12.2 Å². The van der Waals surface area contributed by atoms with Gasteiger partial charge >= 0.3 is 0 Å². The van der Waals surface area contributed by atoms with Gasteiger partial charge in [0.25, 0.3) is 0 Å².